The summed E-state index contributed by atoms with van der Waals surface area (Å²) < 4.78 is 31.4. The lowest BCUT2D eigenvalue weighted by molar-refractivity contribution is 0.00888. The third kappa shape index (κ3) is 5.07. The predicted molar refractivity (Wildman–Crippen MR) is 116 cm³/mol. The van der Waals surface area contributed by atoms with E-state index in [-0.39, 0.29) is 22.9 Å². The molecule has 1 aliphatic heterocycles. The fourth-order valence-corrected chi connectivity index (χ4v) is 4.65. The number of carbonyl (C=O) groups excluding carboxylic acids is 1. The third-order valence-electron chi connectivity index (χ3n) is 5.29. The molecular weight excluding hydrogens is 402 g/mol. The Kier molecular flexibility index (Phi) is 7.25. The Bertz CT molecular complexity index is 957. The van der Waals surface area contributed by atoms with Gasteiger partial charge in [0.1, 0.15) is 0 Å². The summed E-state index contributed by atoms with van der Waals surface area (Å²) >= 11 is 0. The van der Waals surface area contributed by atoms with Gasteiger partial charge in [0.05, 0.1) is 24.2 Å². The van der Waals surface area contributed by atoms with E-state index in [9.17, 15) is 13.2 Å². The van der Waals surface area contributed by atoms with E-state index in [1.165, 1.54) is 26.2 Å². The molecule has 0 unspecified atom stereocenters. The number of nitrogens with one attached hydrogen (secondary N) is 1. The largest absolute Gasteiger partial charge is 0.379 e. The second-order valence-corrected chi connectivity index (χ2v) is 9.73. The zero-order valence-corrected chi connectivity index (χ0v) is 18.4. The fourth-order valence-electron chi connectivity index (χ4n) is 3.70. The highest BCUT2D eigenvalue weighted by atomic mass is 32.2. The molecule has 2 aromatic rings. The number of hydrogen-bond donors (Lipinski definition) is 1. The Labute approximate surface area is 178 Å². The van der Waals surface area contributed by atoms with Crippen LogP contribution in [-0.2, 0) is 14.8 Å². The molecule has 2 atom stereocenters. The van der Waals surface area contributed by atoms with Crippen LogP contribution in [0.2, 0.25) is 0 Å². The van der Waals surface area contributed by atoms with Gasteiger partial charge in [-0.2, -0.15) is 0 Å². The Morgan fingerprint density at radius 3 is 2.37 bits per heavy atom. The summed E-state index contributed by atoms with van der Waals surface area (Å²) in [6, 6.07) is 16.0. The van der Waals surface area contributed by atoms with E-state index in [4.69, 9.17) is 4.74 Å². The molecule has 1 N–H and O–H groups in total. The Morgan fingerprint density at radius 2 is 1.73 bits per heavy atom. The van der Waals surface area contributed by atoms with Crippen molar-refractivity contribution in [1.29, 1.82) is 0 Å². The number of morpholine rings is 1. The maximum absolute atomic E-state index is 13.0. The molecule has 7 nitrogen and oxygen atoms in total. The van der Waals surface area contributed by atoms with Gasteiger partial charge in [0.25, 0.3) is 5.91 Å². The lowest BCUT2D eigenvalue weighted by Crippen LogP contribution is -2.48. The summed E-state index contributed by atoms with van der Waals surface area (Å²) in [6.07, 6.45) is 0. The van der Waals surface area contributed by atoms with E-state index >= 15 is 0 Å². The van der Waals surface area contributed by atoms with Crippen LogP contribution in [0, 0.1) is 0 Å². The first-order chi connectivity index (χ1) is 14.3. The summed E-state index contributed by atoms with van der Waals surface area (Å²) in [5.41, 5.74) is 1.44. The second kappa shape index (κ2) is 9.70. The molecule has 8 heteroatoms. The highest BCUT2D eigenvalue weighted by molar-refractivity contribution is 7.89. The smallest absolute Gasteiger partial charge is 0.251 e. The van der Waals surface area contributed by atoms with E-state index in [1.807, 2.05) is 25.1 Å². The van der Waals surface area contributed by atoms with Crippen LogP contribution in [0.5, 0.6) is 0 Å². The van der Waals surface area contributed by atoms with E-state index in [1.54, 1.807) is 12.1 Å². The van der Waals surface area contributed by atoms with Crippen molar-refractivity contribution in [1.82, 2.24) is 14.5 Å². The van der Waals surface area contributed by atoms with Crippen LogP contribution < -0.4 is 5.32 Å². The molecule has 0 radical (unpaired) electrons. The number of sulfonamides is 1. The molecule has 0 aromatic heterocycles. The van der Waals surface area contributed by atoms with Gasteiger partial charge in [0.2, 0.25) is 10.0 Å². The third-order valence-corrected chi connectivity index (χ3v) is 7.10. The Morgan fingerprint density at radius 1 is 1.07 bits per heavy atom. The monoisotopic (exact) mass is 431 g/mol. The average Bonchev–Trinajstić information content (AvgIpc) is 2.75. The molecule has 1 saturated heterocycles. The van der Waals surface area contributed by atoms with Crippen LogP contribution in [-0.4, -0.2) is 70.0 Å². The van der Waals surface area contributed by atoms with Crippen molar-refractivity contribution in [2.24, 2.45) is 0 Å². The van der Waals surface area contributed by atoms with Gasteiger partial charge < -0.3 is 10.1 Å². The van der Waals surface area contributed by atoms with E-state index < -0.39 is 10.0 Å². The first-order valence-electron chi connectivity index (χ1n) is 10.0. The van der Waals surface area contributed by atoms with Gasteiger partial charge in [0.15, 0.2) is 0 Å². The summed E-state index contributed by atoms with van der Waals surface area (Å²) in [6.45, 7) is 4.88. The first-order valence-corrected chi connectivity index (χ1v) is 11.4. The number of benzene rings is 2. The van der Waals surface area contributed by atoms with Crippen molar-refractivity contribution >= 4 is 15.9 Å². The van der Waals surface area contributed by atoms with Crippen LogP contribution >= 0.6 is 0 Å². The number of ether oxygens (including phenoxy) is 1. The lowest BCUT2D eigenvalue weighted by atomic mass is 9.97. The molecule has 2 aromatic carbocycles. The minimum atomic E-state index is -3.61. The highest BCUT2D eigenvalue weighted by Crippen LogP contribution is 2.26. The number of rotatable bonds is 7. The fraction of sp³-hybridized carbons (Fsp3) is 0.409. The molecule has 1 heterocycles. The highest BCUT2D eigenvalue weighted by Gasteiger charge is 2.29. The molecule has 3 rings (SSSR count). The molecule has 1 fully saturated rings. The molecule has 0 saturated carbocycles. The molecule has 1 amide bonds. The summed E-state index contributed by atoms with van der Waals surface area (Å²) in [7, 11) is -0.668. The number of nitrogens with zero attached hydrogens (tertiary/aromatic N) is 2. The van der Waals surface area contributed by atoms with Crippen LogP contribution in [0.1, 0.15) is 28.9 Å². The maximum atomic E-state index is 13.0. The van der Waals surface area contributed by atoms with Crippen LogP contribution in [0.15, 0.2) is 59.5 Å². The van der Waals surface area contributed by atoms with Gasteiger partial charge in [-0.15, -0.1) is 0 Å². The first kappa shape index (κ1) is 22.4. The SMILES string of the molecule is C[C@@H](NC(=O)c1cccc(S(=O)(=O)N(C)C)c1)[C@H](c1ccccc1)N1CCOCC1. The van der Waals surface area contributed by atoms with Gasteiger partial charge in [-0.25, -0.2) is 12.7 Å². The van der Waals surface area contributed by atoms with E-state index in [0.717, 1.165) is 23.0 Å². The minimum absolute atomic E-state index is 0.00672. The van der Waals surface area contributed by atoms with E-state index in [2.05, 4.69) is 22.3 Å². The van der Waals surface area contributed by atoms with Gasteiger partial charge in [-0.1, -0.05) is 36.4 Å². The van der Waals surface area contributed by atoms with Crippen molar-refractivity contribution in [3.63, 3.8) is 0 Å². The van der Waals surface area contributed by atoms with Crippen molar-refractivity contribution < 1.29 is 17.9 Å². The molecule has 162 valence electrons. The number of hydrogen-bond acceptors (Lipinski definition) is 5. The van der Waals surface area contributed by atoms with Crippen molar-refractivity contribution in [3.05, 3.63) is 65.7 Å². The lowest BCUT2D eigenvalue weighted by Gasteiger charge is -2.38. The van der Waals surface area contributed by atoms with Gasteiger partial charge >= 0.3 is 0 Å². The normalized spacial score (nSPS) is 17.5. The standard InChI is InChI=1S/C22H29N3O4S/c1-17(21(18-8-5-4-6-9-18)25-12-14-29-15-13-25)23-22(26)19-10-7-11-20(16-19)30(27,28)24(2)3/h4-11,16-17,21H,12-15H2,1-3H3,(H,23,26)/t17-,21-/m1/s1. The number of amides is 1. The molecule has 0 spiro atoms. The quantitative estimate of drug-likeness (QED) is 0.727. The second-order valence-electron chi connectivity index (χ2n) is 7.58. The molecule has 0 aliphatic carbocycles. The zero-order valence-electron chi connectivity index (χ0n) is 17.6. The van der Waals surface area contributed by atoms with Gasteiger partial charge in [-0.05, 0) is 30.7 Å². The van der Waals surface area contributed by atoms with E-state index in [0.29, 0.717) is 18.8 Å². The Balaban J connectivity index is 1.82. The van der Waals surface area contributed by atoms with Crippen LogP contribution in [0.25, 0.3) is 0 Å². The van der Waals surface area contributed by atoms with Crippen molar-refractivity contribution in [3.8, 4) is 0 Å². The van der Waals surface area contributed by atoms with Crippen molar-refractivity contribution in [2.45, 2.75) is 23.9 Å². The zero-order chi connectivity index (χ0) is 21.7. The topological polar surface area (TPSA) is 79.0 Å². The summed E-state index contributed by atoms with van der Waals surface area (Å²) in [5, 5.41) is 3.07. The predicted octanol–water partition coefficient (Wildman–Crippen LogP) is 2.13. The van der Waals surface area contributed by atoms with Crippen molar-refractivity contribution in [2.75, 3.05) is 40.4 Å². The Hall–Kier alpha value is -2.26. The van der Waals surface area contributed by atoms with Gasteiger partial charge in [-0.3, -0.25) is 9.69 Å². The van der Waals surface area contributed by atoms with Crippen LogP contribution in [0.4, 0.5) is 0 Å². The summed E-state index contributed by atoms with van der Waals surface area (Å²) in [5.74, 6) is -0.299. The average molecular weight is 432 g/mol. The minimum Gasteiger partial charge on any atom is -0.379 e. The van der Waals surface area contributed by atoms with Gasteiger partial charge in [0, 0.05) is 38.8 Å². The molecule has 1 aliphatic rings. The number of carbonyl (C=O) groups is 1. The summed E-state index contributed by atoms with van der Waals surface area (Å²) in [4.78, 5) is 15.4. The molecular formula is C22H29N3O4S. The molecule has 30 heavy (non-hydrogen) atoms. The maximum Gasteiger partial charge on any atom is 0.251 e. The molecule has 0 bridgehead atoms. The van der Waals surface area contributed by atoms with Crippen LogP contribution in [0.3, 0.4) is 0 Å².